The lowest BCUT2D eigenvalue weighted by atomic mass is 9.82. The van der Waals surface area contributed by atoms with Crippen LogP contribution in [0.2, 0.25) is 0 Å². The molecule has 2 fully saturated rings. The van der Waals surface area contributed by atoms with Crippen molar-refractivity contribution in [3.8, 4) is 11.8 Å². The highest BCUT2D eigenvalue weighted by Crippen LogP contribution is 2.36. The minimum Gasteiger partial charge on any atom is -0.487 e. The maximum atomic E-state index is 13.9. The minimum atomic E-state index is -1.16. The zero-order chi connectivity index (χ0) is 22.7. The van der Waals surface area contributed by atoms with Crippen molar-refractivity contribution in [1.29, 1.82) is 5.26 Å². The van der Waals surface area contributed by atoms with E-state index in [1.54, 1.807) is 0 Å². The summed E-state index contributed by atoms with van der Waals surface area (Å²) in [4.78, 5) is 23.4. The molecule has 0 aliphatic carbocycles. The standard InChI is InChI=1S/C22H22F2N4O4/c1-30-21(29)22(6-9-31-13-22)20-17(11-25)26-12-19(27-20)28-7-4-15(5-8-28)32-18-3-2-14(23)10-16(18)24/h2-3,10,12,15H,4-9,13H2,1H3. The molecule has 1 atom stereocenters. The molecule has 0 spiro atoms. The molecular formula is C22H22F2N4O4. The van der Waals surface area contributed by atoms with Gasteiger partial charge in [0.05, 0.1) is 25.6 Å². The predicted octanol–water partition coefficient (Wildman–Crippen LogP) is 2.51. The molecule has 10 heteroatoms. The SMILES string of the molecule is COC(=O)C1(c2nc(N3CCC(Oc4ccc(F)cc4F)CC3)cnc2C#N)CCOC1. The van der Waals surface area contributed by atoms with Crippen LogP contribution >= 0.6 is 0 Å². The Morgan fingerprint density at radius 1 is 1.34 bits per heavy atom. The van der Waals surface area contributed by atoms with E-state index in [0.717, 1.165) is 12.1 Å². The van der Waals surface area contributed by atoms with Crippen LogP contribution in [0.25, 0.3) is 0 Å². The van der Waals surface area contributed by atoms with E-state index in [0.29, 0.717) is 44.8 Å². The zero-order valence-electron chi connectivity index (χ0n) is 17.5. The summed E-state index contributed by atoms with van der Waals surface area (Å²) in [7, 11) is 1.29. The summed E-state index contributed by atoms with van der Waals surface area (Å²) in [6, 6.07) is 5.25. The van der Waals surface area contributed by atoms with Crippen molar-refractivity contribution in [2.24, 2.45) is 0 Å². The normalized spacial score (nSPS) is 21.2. The molecule has 1 aromatic carbocycles. The van der Waals surface area contributed by atoms with Crippen LogP contribution in [-0.2, 0) is 19.7 Å². The van der Waals surface area contributed by atoms with Gasteiger partial charge in [-0.2, -0.15) is 5.26 Å². The molecule has 0 radical (unpaired) electrons. The molecule has 2 aliphatic rings. The number of carbonyl (C=O) groups is 1. The van der Waals surface area contributed by atoms with E-state index < -0.39 is 23.0 Å². The van der Waals surface area contributed by atoms with Crippen LogP contribution in [0.5, 0.6) is 5.75 Å². The van der Waals surface area contributed by atoms with Crippen molar-refractivity contribution in [3.63, 3.8) is 0 Å². The molecule has 0 amide bonds. The third-order valence-electron chi connectivity index (χ3n) is 5.87. The summed E-state index contributed by atoms with van der Waals surface area (Å²) < 4.78 is 43.1. The average molecular weight is 444 g/mol. The number of hydrogen-bond acceptors (Lipinski definition) is 8. The van der Waals surface area contributed by atoms with Crippen LogP contribution in [0.15, 0.2) is 24.4 Å². The molecule has 0 saturated carbocycles. The first kappa shape index (κ1) is 21.9. The van der Waals surface area contributed by atoms with Gasteiger partial charge < -0.3 is 19.1 Å². The molecule has 2 saturated heterocycles. The molecule has 0 N–H and O–H groups in total. The highest BCUT2D eigenvalue weighted by molar-refractivity contribution is 5.84. The Labute approximate surface area is 183 Å². The van der Waals surface area contributed by atoms with Crippen molar-refractivity contribution in [2.45, 2.75) is 30.8 Å². The molecule has 2 aliphatic heterocycles. The number of carbonyl (C=O) groups excluding carboxylic acids is 1. The monoisotopic (exact) mass is 444 g/mol. The second kappa shape index (κ2) is 9.04. The van der Waals surface area contributed by atoms with Crippen molar-refractivity contribution >= 4 is 11.8 Å². The van der Waals surface area contributed by atoms with Gasteiger partial charge in [-0.1, -0.05) is 0 Å². The first-order chi connectivity index (χ1) is 15.5. The Balaban J connectivity index is 1.51. The number of piperidine rings is 1. The predicted molar refractivity (Wildman–Crippen MR) is 108 cm³/mol. The van der Waals surface area contributed by atoms with E-state index in [1.165, 1.54) is 19.4 Å². The number of methoxy groups -OCH3 is 1. The summed E-state index contributed by atoms with van der Waals surface area (Å²) in [6.07, 6.45) is 2.79. The first-order valence-electron chi connectivity index (χ1n) is 10.3. The van der Waals surface area contributed by atoms with Gasteiger partial charge >= 0.3 is 5.97 Å². The van der Waals surface area contributed by atoms with E-state index in [-0.39, 0.29) is 29.8 Å². The molecule has 32 heavy (non-hydrogen) atoms. The molecule has 1 aromatic heterocycles. The fourth-order valence-corrected chi connectivity index (χ4v) is 4.11. The van der Waals surface area contributed by atoms with Crippen molar-refractivity contribution in [3.05, 3.63) is 47.4 Å². The van der Waals surface area contributed by atoms with Gasteiger partial charge in [0.2, 0.25) is 0 Å². The summed E-state index contributed by atoms with van der Waals surface area (Å²) in [5, 5.41) is 9.53. The molecule has 168 valence electrons. The van der Waals surface area contributed by atoms with Crippen LogP contribution in [0.1, 0.15) is 30.7 Å². The summed E-state index contributed by atoms with van der Waals surface area (Å²) in [6.45, 7) is 1.53. The first-order valence-corrected chi connectivity index (χ1v) is 10.3. The fraction of sp³-hybridized carbons (Fsp3) is 0.455. The van der Waals surface area contributed by atoms with Crippen molar-refractivity contribution in [2.75, 3.05) is 38.3 Å². The molecule has 0 bridgehead atoms. The molecule has 4 rings (SSSR count). The number of benzene rings is 1. The van der Waals surface area contributed by atoms with E-state index in [4.69, 9.17) is 14.2 Å². The molecule has 8 nitrogen and oxygen atoms in total. The summed E-state index contributed by atoms with van der Waals surface area (Å²) >= 11 is 0. The van der Waals surface area contributed by atoms with Crippen molar-refractivity contribution in [1.82, 2.24) is 9.97 Å². The van der Waals surface area contributed by atoms with Gasteiger partial charge in [0.1, 0.15) is 29.2 Å². The number of nitrogens with zero attached hydrogens (tertiary/aromatic N) is 4. The quantitative estimate of drug-likeness (QED) is 0.649. The maximum absolute atomic E-state index is 13.9. The third kappa shape index (κ3) is 4.08. The van der Waals surface area contributed by atoms with Crippen LogP contribution in [0.3, 0.4) is 0 Å². The van der Waals surface area contributed by atoms with E-state index in [1.807, 2.05) is 11.0 Å². The number of halogens is 2. The molecule has 2 aromatic rings. The lowest BCUT2D eigenvalue weighted by Crippen LogP contribution is -2.41. The van der Waals surface area contributed by atoms with E-state index >= 15 is 0 Å². The van der Waals surface area contributed by atoms with E-state index in [9.17, 15) is 18.8 Å². The Morgan fingerprint density at radius 2 is 2.12 bits per heavy atom. The zero-order valence-corrected chi connectivity index (χ0v) is 17.5. The molecule has 3 heterocycles. The number of aromatic nitrogens is 2. The van der Waals surface area contributed by atoms with Gasteiger partial charge in [0, 0.05) is 38.6 Å². The lowest BCUT2D eigenvalue weighted by Gasteiger charge is -2.33. The Morgan fingerprint density at radius 3 is 2.75 bits per heavy atom. The number of hydrogen-bond donors (Lipinski definition) is 0. The van der Waals surface area contributed by atoms with Gasteiger partial charge in [-0.25, -0.2) is 18.7 Å². The fourth-order valence-electron chi connectivity index (χ4n) is 4.11. The van der Waals surface area contributed by atoms with Gasteiger partial charge in [0.15, 0.2) is 17.3 Å². The largest absolute Gasteiger partial charge is 0.487 e. The Bertz CT molecular complexity index is 1040. The smallest absolute Gasteiger partial charge is 0.320 e. The van der Waals surface area contributed by atoms with Crippen LogP contribution in [0.4, 0.5) is 14.6 Å². The molecule has 1 unspecified atom stereocenters. The summed E-state index contributed by atoms with van der Waals surface area (Å²) in [5.41, 5.74) is -0.840. The average Bonchev–Trinajstić information content (AvgIpc) is 3.31. The number of ether oxygens (including phenoxy) is 3. The lowest BCUT2D eigenvalue weighted by molar-refractivity contribution is -0.147. The second-order valence-corrected chi connectivity index (χ2v) is 7.79. The maximum Gasteiger partial charge on any atom is 0.320 e. The second-order valence-electron chi connectivity index (χ2n) is 7.79. The summed E-state index contributed by atoms with van der Waals surface area (Å²) in [5.74, 6) is -1.35. The Hall–Kier alpha value is -3.32. The van der Waals surface area contributed by atoms with Crippen LogP contribution in [0, 0.1) is 23.0 Å². The van der Waals surface area contributed by atoms with Gasteiger partial charge in [-0.15, -0.1) is 0 Å². The third-order valence-corrected chi connectivity index (χ3v) is 5.87. The molecular weight excluding hydrogens is 422 g/mol. The number of esters is 1. The number of anilines is 1. The highest BCUT2D eigenvalue weighted by atomic mass is 19.1. The highest BCUT2D eigenvalue weighted by Gasteiger charge is 2.49. The van der Waals surface area contributed by atoms with Crippen LogP contribution in [-0.4, -0.2) is 55.5 Å². The van der Waals surface area contributed by atoms with Crippen molar-refractivity contribution < 1.29 is 27.8 Å². The number of nitriles is 1. The van der Waals surface area contributed by atoms with Gasteiger partial charge in [0.25, 0.3) is 0 Å². The van der Waals surface area contributed by atoms with Crippen LogP contribution < -0.4 is 9.64 Å². The van der Waals surface area contributed by atoms with E-state index in [2.05, 4.69) is 9.97 Å². The number of rotatable bonds is 5. The Kier molecular flexibility index (Phi) is 6.19. The van der Waals surface area contributed by atoms with Gasteiger partial charge in [-0.3, -0.25) is 4.79 Å². The topological polar surface area (TPSA) is 97.6 Å². The minimum absolute atomic E-state index is 0.0200. The van der Waals surface area contributed by atoms with Gasteiger partial charge in [-0.05, 0) is 18.6 Å².